The molecule has 0 saturated carbocycles. The molecule has 0 aliphatic rings. The highest BCUT2D eigenvalue weighted by atomic mass is 16.6. The van der Waals surface area contributed by atoms with Crippen molar-refractivity contribution < 1.29 is 33.7 Å². The van der Waals surface area contributed by atoms with Crippen LogP contribution in [0.3, 0.4) is 0 Å². The van der Waals surface area contributed by atoms with E-state index in [1.54, 1.807) is 48.5 Å². The Hall–Kier alpha value is -3.21. The summed E-state index contributed by atoms with van der Waals surface area (Å²) in [7, 11) is 0. The Balaban J connectivity index is 3.55. The number of benzene rings is 1. The topological polar surface area (TPSA) is 102 Å². The molecule has 0 radical (unpaired) electrons. The molecule has 0 spiro atoms. The van der Waals surface area contributed by atoms with E-state index in [4.69, 9.17) is 14.2 Å². The van der Waals surface area contributed by atoms with Crippen LogP contribution in [0, 0.1) is 11.8 Å². The second-order valence-electron chi connectivity index (χ2n) is 7.97. The Morgan fingerprint density at radius 2 is 1.52 bits per heavy atom. The standard InChI is InChI=1S/C21H27NO7/c1-8-9-13-27-15-12-10-11-14(16(15)17(23)24)22(18(25)28-20(2,3)4)19(26)29-21(5,6)7/h10-12H,13H2,1-7H3,(H,23,24). The Kier molecular flexibility index (Phi) is 7.66. The Bertz CT molecular complexity index is 807. The van der Waals surface area contributed by atoms with E-state index in [2.05, 4.69) is 11.8 Å². The Labute approximate surface area is 170 Å². The van der Waals surface area contributed by atoms with E-state index in [0.29, 0.717) is 4.90 Å². The minimum atomic E-state index is -1.39. The molecule has 0 aliphatic heterocycles. The van der Waals surface area contributed by atoms with Crippen LogP contribution in [0.25, 0.3) is 0 Å². The number of carbonyl (C=O) groups is 3. The highest BCUT2D eigenvalue weighted by molar-refractivity contribution is 6.14. The van der Waals surface area contributed by atoms with Crippen LogP contribution in [-0.4, -0.2) is 41.1 Å². The average Bonchev–Trinajstić information content (AvgIpc) is 2.51. The van der Waals surface area contributed by atoms with E-state index >= 15 is 0 Å². The van der Waals surface area contributed by atoms with Crippen molar-refractivity contribution in [2.75, 3.05) is 11.5 Å². The number of hydrogen-bond donors (Lipinski definition) is 1. The number of imide groups is 1. The number of rotatable bonds is 4. The molecule has 0 atom stereocenters. The van der Waals surface area contributed by atoms with Gasteiger partial charge < -0.3 is 19.3 Å². The van der Waals surface area contributed by atoms with Crippen LogP contribution in [-0.2, 0) is 9.47 Å². The zero-order valence-electron chi connectivity index (χ0n) is 17.8. The second-order valence-corrected chi connectivity index (χ2v) is 7.97. The van der Waals surface area contributed by atoms with Crippen molar-refractivity contribution in [1.29, 1.82) is 0 Å². The first kappa shape index (κ1) is 23.8. The summed E-state index contributed by atoms with van der Waals surface area (Å²) in [6, 6.07) is 4.17. The molecule has 8 nitrogen and oxygen atoms in total. The number of anilines is 1. The number of ether oxygens (including phenoxy) is 3. The first-order chi connectivity index (χ1) is 13.3. The normalized spacial score (nSPS) is 11.0. The fraction of sp³-hybridized carbons (Fsp3) is 0.476. The van der Waals surface area contributed by atoms with Crippen molar-refractivity contribution in [2.45, 2.75) is 59.7 Å². The van der Waals surface area contributed by atoms with E-state index < -0.39 is 29.4 Å². The van der Waals surface area contributed by atoms with Crippen LogP contribution in [0.15, 0.2) is 18.2 Å². The molecule has 0 heterocycles. The molecule has 0 saturated heterocycles. The van der Waals surface area contributed by atoms with Crippen molar-refractivity contribution in [3.05, 3.63) is 23.8 Å². The van der Waals surface area contributed by atoms with Gasteiger partial charge in [-0.25, -0.2) is 14.4 Å². The van der Waals surface area contributed by atoms with Crippen LogP contribution >= 0.6 is 0 Å². The molecule has 1 N–H and O–H groups in total. The molecule has 29 heavy (non-hydrogen) atoms. The molecule has 0 aromatic heterocycles. The SMILES string of the molecule is CC#CCOc1cccc(N(C(=O)OC(C)(C)C)C(=O)OC(C)(C)C)c1C(=O)O. The summed E-state index contributed by atoms with van der Waals surface area (Å²) in [5.74, 6) is 3.85. The molecule has 0 unspecified atom stereocenters. The lowest BCUT2D eigenvalue weighted by atomic mass is 10.1. The predicted molar refractivity (Wildman–Crippen MR) is 107 cm³/mol. The molecule has 2 amide bonds. The van der Waals surface area contributed by atoms with Crippen LogP contribution in [0.2, 0.25) is 0 Å². The van der Waals surface area contributed by atoms with Gasteiger partial charge in [-0.1, -0.05) is 12.0 Å². The first-order valence-corrected chi connectivity index (χ1v) is 8.91. The Morgan fingerprint density at radius 3 is 1.93 bits per heavy atom. The highest BCUT2D eigenvalue weighted by Gasteiger charge is 2.36. The van der Waals surface area contributed by atoms with Crippen molar-refractivity contribution in [2.24, 2.45) is 0 Å². The van der Waals surface area contributed by atoms with Gasteiger partial charge in [-0.15, -0.1) is 5.92 Å². The average molecular weight is 405 g/mol. The molecule has 1 aromatic rings. The summed E-state index contributed by atoms with van der Waals surface area (Å²) >= 11 is 0. The van der Waals surface area contributed by atoms with Gasteiger partial charge in [0.2, 0.25) is 0 Å². The van der Waals surface area contributed by atoms with Gasteiger partial charge >= 0.3 is 18.2 Å². The van der Waals surface area contributed by atoms with Gasteiger partial charge in [-0.05, 0) is 60.6 Å². The third kappa shape index (κ3) is 7.37. The summed E-state index contributed by atoms with van der Waals surface area (Å²) in [6.45, 7) is 11.3. The van der Waals surface area contributed by atoms with Crippen molar-refractivity contribution in [3.63, 3.8) is 0 Å². The monoisotopic (exact) mass is 405 g/mol. The maximum absolute atomic E-state index is 12.8. The van der Waals surface area contributed by atoms with Gasteiger partial charge in [-0.3, -0.25) is 0 Å². The third-order valence-electron chi connectivity index (χ3n) is 3.09. The molecule has 1 rings (SSSR count). The van der Waals surface area contributed by atoms with Crippen LogP contribution < -0.4 is 9.64 Å². The molecule has 0 aliphatic carbocycles. The fourth-order valence-corrected chi connectivity index (χ4v) is 2.11. The van der Waals surface area contributed by atoms with Gasteiger partial charge in [0.15, 0.2) is 0 Å². The van der Waals surface area contributed by atoms with Gasteiger partial charge in [-0.2, -0.15) is 4.90 Å². The smallest absolute Gasteiger partial charge is 0.424 e. The highest BCUT2D eigenvalue weighted by Crippen LogP contribution is 2.32. The lowest BCUT2D eigenvalue weighted by Crippen LogP contribution is -2.44. The lowest BCUT2D eigenvalue weighted by Gasteiger charge is -2.29. The summed E-state index contributed by atoms with van der Waals surface area (Å²) in [6.07, 6.45) is -2.14. The predicted octanol–water partition coefficient (Wildman–Crippen LogP) is 4.46. The van der Waals surface area contributed by atoms with Gasteiger partial charge in [0.05, 0.1) is 5.69 Å². The van der Waals surface area contributed by atoms with E-state index in [1.165, 1.54) is 18.2 Å². The van der Waals surface area contributed by atoms with Gasteiger partial charge in [0.1, 0.15) is 29.1 Å². The number of amides is 2. The van der Waals surface area contributed by atoms with Gasteiger partial charge in [0.25, 0.3) is 0 Å². The number of carbonyl (C=O) groups excluding carboxylic acids is 2. The maximum atomic E-state index is 12.8. The summed E-state index contributed by atoms with van der Waals surface area (Å²) < 4.78 is 16.0. The zero-order chi connectivity index (χ0) is 22.4. The lowest BCUT2D eigenvalue weighted by molar-refractivity contribution is 0.0430. The number of nitrogens with zero attached hydrogens (tertiary/aromatic N) is 1. The van der Waals surface area contributed by atoms with Crippen LogP contribution in [0.1, 0.15) is 58.8 Å². The largest absolute Gasteiger partial charge is 0.480 e. The van der Waals surface area contributed by atoms with E-state index in [9.17, 15) is 19.5 Å². The number of aromatic carboxylic acids is 1. The van der Waals surface area contributed by atoms with Crippen molar-refractivity contribution in [3.8, 4) is 17.6 Å². The minimum absolute atomic E-state index is 0.0464. The molecule has 0 fully saturated rings. The number of carboxylic acids is 1. The summed E-state index contributed by atoms with van der Waals surface area (Å²) in [5, 5.41) is 9.73. The fourth-order valence-electron chi connectivity index (χ4n) is 2.11. The Morgan fingerprint density at radius 1 is 1.00 bits per heavy atom. The number of hydrogen-bond acceptors (Lipinski definition) is 6. The second kappa shape index (κ2) is 9.32. The number of carboxylic acid groups (broad SMARTS) is 1. The van der Waals surface area contributed by atoms with Crippen molar-refractivity contribution in [1.82, 2.24) is 0 Å². The molecular formula is C21H27NO7. The van der Waals surface area contributed by atoms with Crippen LogP contribution in [0.5, 0.6) is 5.75 Å². The van der Waals surface area contributed by atoms with Gasteiger partial charge in [0, 0.05) is 0 Å². The molecule has 8 heteroatoms. The molecule has 158 valence electrons. The maximum Gasteiger partial charge on any atom is 0.424 e. The molecular weight excluding hydrogens is 378 g/mol. The van der Waals surface area contributed by atoms with Crippen LogP contribution in [0.4, 0.5) is 15.3 Å². The first-order valence-electron chi connectivity index (χ1n) is 8.91. The quantitative estimate of drug-likeness (QED) is 0.738. The van der Waals surface area contributed by atoms with E-state index in [-0.39, 0.29) is 23.6 Å². The minimum Gasteiger partial charge on any atom is -0.480 e. The summed E-state index contributed by atoms with van der Waals surface area (Å²) in [5.41, 5.74) is -2.47. The third-order valence-corrected chi connectivity index (χ3v) is 3.09. The zero-order valence-corrected chi connectivity index (χ0v) is 17.8. The molecule has 0 bridgehead atoms. The van der Waals surface area contributed by atoms with E-state index in [0.717, 1.165) is 0 Å². The summed E-state index contributed by atoms with van der Waals surface area (Å²) in [4.78, 5) is 38.1. The molecule has 1 aromatic carbocycles. The van der Waals surface area contributed by atoms with Crippen molar-refractivity contribution >= 4 is 23.8 Å². The van der Waals surface area contributed by atoms with E-state index in [1.807, 2.05) is 0 Å².